The van der Waals surface area contributed by atoms with Gasteiger partial charge in [-0.3, -0.25) is 28.8 Å². The number of H-pyrrole nitrogens is 2. The maximum atomic E-state index is 13.5. The summed E-state index contributed by atoms with van der Waals surface area (Å²) in [6.45, 7) is 1.28. The van der Waals surface area contributed by atoms with E-state index >= 15 is 0 Å². The second kappa shape index (κ2) is 16.5. The average molecular weight is 678 g/mol. The van der Waals surface area contributed by atoms with Crippen molar-refractivity contribution in [3.63, 3.8) is 0 Å². The van der Waals surface area contributed by atoms with E-state index in [4.69, 9.17) is 5.73 Å². The molecule has 2 heterocycles. The van der Waals surface area contributed by atoms with Crippen molar-refractivity contribution in [2.75, 3.05) is 12.0 Å². The molecule has 0 saturated carbocycles. The molecule has 48 heavy (non-hydrogen) atoms. The molecular formula is C33H39N7O7S. The molecule has 2 aromatic heterocycles. The van der Waals surface area contributed by atoms with Crippen molar-refractivity contribution in [3.05, 3.63) is 72.1 Å². The van der Waals surface area contributed by atoms with Gasteiger partial charge in [-0.25, -0.2) is 0 Å². The van der Waals surface area contributed by atoms with Crippen molar-refractivity contribution < 1.29 is 33.9 Å². The number of aromatic amines is 2. The zero-order chi connectivity index (χ0) is 34.8. The van der Waals surface area contributed by atoms with Gasteiger partial charge in [-0.2, -0.15) is 11.8 Å². The number of para-hydroxylation sites is 2. The molecule has 14 nitrogen and oxygen atoms in total. The van der Waals surface area contributed by atoms with Gasteiger partial charge in [-0.1, -0.05) is 36.4 Å². The third-order valence-electron chi connectivity index (χ3n) is 7.81. The van der Waals surface area contributed by atoms with E-state index in [1.807, 2.05) is 54.8 Å². The van der Waals surface area contributed by atoms with E-state index in [1.54, 1.807) is 12.4 Å². The van der Waals surface area contributed by atoms with Crippen LogP contribution in [0.5, 0.6) is 0 Å². The standard InChI is InChI=1S/C33H39N7O7S/c1-18(41)37-27(14-20-17-36-24-10-6-4-8-22(20)24)32(46)38-25(11-12-48-2)31(45)40-28(15-29(42)43)33(47)39-26(30(34)44)13-19-16-35-23-9-5-3-7-21(19)23/h3-10,16-17,25-28,35-36H,11-15H2,1-2H3,(H2,34,44)(H,37,41)(H,38,46)(H,39,47)(H,40,45)(H,42,43)/t25-,26-,27-,28-/m0/s1. The van der Waals surface area contributed by atoms with Crippen LogP contribution in [-0.2, 0) is 41.6 Å². The van der Waals surface area contributed by atoms with Gasteiger partial charge in [-0.05, 0) is 41.7 Å². The molecule has 0 bridgehead atoms. The largest absolute Gasteiger partial charge is 0.481 e. The Labute approximate surface area is 280 Å². The number of benzene rings is 2. The van der Waals surface area contributed by atoms with Crippen molar-refractivity contribution in [3.8, 4) is 0 Å². The summed E-state index contributed by atoms with van der Waals surface area (Å²) in [6, 6.07) is 9.83. The number of nitrogens with two attached hydrogens (primary N) is 1. The first-order valence-corrected chi connectivity index (χ1v) is 16.6. The van der Waals surface area contributed by atoms with Crippen LogP contribution in [0.25, 0.3) is 21.8 Å². The van der Waals surface area contributed by atoms with Crippen LogP contribution in [0.4, 0.5) is 0 Å². The molecular weight excluding hydrogens is 638 g/mol. The number of carboxylic acid groups (broad SMARTS) is 1. The van der Waals surface area contributed by atoms with E-state index in [0.29, 0.717) is 11.3 Å². The lowest BCUT2D eigenvalue weighted by molar-refractivity contribution is -0.141. The number of fused-ring (bicyclic) bond motifs is 2. The second-order valence-corrected chi connectivity index (χ2v) is 12.3. The number of carbonyl (C=O) groups excluding carboxylic acids is 5. The lowest BCUT2D eigenvalue weighted by Crippen LogP contribution is -2.58. The summed E-state index contributed by atoms with van der Waals surface area (Å²) in [5, 5.41) is 21.5. The average Bonchev–Trinajstić information content (AvgIpc) is 3.65. The fourth-order valence-corrected chi connectivity index (χ4v) is 5.89. The molecule has 0 radical (unpaired) electrons. The number of carbonyl (C=O) groups is 6. The number of rotatable bonds is 17. The summed E-state index contributed by atoms with van der Waals surface area (Å²) in [5.41, 5.74) is 8.75. The number of amides is 5. The highest BCUT2D eigenvalue weighted by Gasteiger charge is 2.32. The molecule has 0 saturated heterocycles. The van der Waals surface area contributed by atoms with Crippen LogP contribution >= 0.6 is 11.8 Å². The Morgan fingerprint density at radius 2 is 1.21 bits per heavy atom. The Kier molecular flexibility index (Phi) is 12.2. The lowest BCUT2D eigenvalue weighted by atomic mass is 10.0. The molecule has 4 atom stereocenters. The van der Waals surface area contributed by atoms with Crippen LogP contribution in [0, 0.1) is 0 Å². The summed E-state index contributed by atoms with van der Waals surface area (Å²) >= 11 is 1.42. The normalized spacial score (nSPS) is 13.6. The third kappa shape index (κ3) is 9.37. The molecule has 4 rings (SSSR count). The Hall–Kier alpha value is -5.31. The van der Waals surface area contributed by atoms with Gasteiger partial charge in [0.25, 0.3) is 0 Å². The van der Waals surface area contributed by atoms with Gasteiger partial charge in [0.1, 0.15) is 24.2 Å². The molecule has 5 amide bonds. The third-order valence-corrected chi connectivity index (χ3v) is 8.45. The first-order chi connectivity index (χ1) is 23.0. The zero-order valence-corrected chi connectivity index (χ0v) is 27.3. The van der Waals surface area contributed by atoms with Crippen molar-refractivity contribution >= 4 is 69.1 Å². The van der Waals surface area contributed by atoms with Gasteiger partial charge in [0.15, 0.2) is 0 Å². The molecule has 0 aliphatic heterocycles. The fourth-order valence-electron chi connectivity index (χ4n) is 5.42. The number of carboxylic acids is 1. The number of nitrogens with one attached hydrogen (secondary N) is 6. The number of primary amides is 1. The van der Waals surface area contributed by atoms with Crippen molar-refractivity contribution in [2.45, 2.75) is 56.8 Å². The van der Waals surface area contributed by atoms with Gasteiger partial charge in [0, 0.05) is 54.0 Å². The monoisotopic (exact) mass is 677 g/mol. The topological polar surface area (TPSA) is 228 Å². The number of aliphatic carboxylic acids is 1. The van der Waals surface area contributed by atoms with Gasteiger partial charge in [-0.15, -0.1) is 0 Å². The summed E-state index contributed by atoms with van der Waals surface area (Å²) in [4.78, 5) is 82.8. The van der Waals surface area contributed by atoms with Crippen LogP contribution in [0.15, 0.2) is 60.9 Å². The van der Waals surface area contributed by atoms with Crippen LogP contribution in [-0.4, -0.2) is 86.8 Å². The van der Waals surface area contributed by atoms with Gasteiger partial charge < -0.3 is 42.1 Å². The van der Waals surface area contributed by atoms with Gasteiger partial charge in [0.2, 0.25) is 29.5 Å². The highest BCUT2D eigenvalue weighted by molar-refractivity contribution is 7.98. The SMILES string of the molecule is CSCC[C@H](NC(=O)[C@H](Cc1c[nH]c2ccccc12)NC(C)=O)C(=O)N[C@@H](CC(=O)O)C(=O)N[C@@H](Cc1c[nH]c2ccccc12)C(N)=O. The molecule has 0 unspecified atom stereocenters. The first-order valence-electron chi connectivity index (χ1n) is 15.2. The van der Waals surface area contributed by atoms with Gasteiger partial charge in [0.05, 0.1) is 6.42 Å². The molecule has 9 N–H and O–H groups in total. The second-order valence-electron chi connectivity index (χ2n) is 11.3. The molecule has 254 valence electrons. The predicted octanol–water partition coefficient (Wildman–Crippen LogP) is 1.11. The number of thioether (sulfide) groups is 1. The highest BCUT2D eigenvalue weighted by atomic mass is 32.2. The van der Waals surface area contributed by atoms with Crippen molar-refractivity contribution in [2.24, 2.45) is 5.73 Å². The quantitative estimate of drug-likeness (QED) is 0.0805. The minimum atomic E-state index is -1.59. The van der Waals surface area contributed by atoms with E-state index in [-0.39, 0.29) is 19.3 Å². The maximum Gasteiger partial charge on any atom is 0.305 e. The molecule has 2 aromatic carbocycles. The molecule has 0 aliphatic rings. The van der Waals surface area contributed by atoms with Crippen molar-refractivity contribution in [1.29, 1.82) is 0 Å². The fraction of sp³-hybridized carbons (Fsp3) is 0.333. The first kappa shape index (κ1) is 35.5. The van der Waals surface area contributed by atoms with Crippen LogP contribution in [0.2, 0.25) is 0 Å². The van der Waals surface area contributed by atoms with E-state index in [0.717, 1.165) is 27.4 Å². The van der Waals surface area contributed by atoms with Crippen molar-refractivity contribution in [1.82, 2.24) is 31.2 Å². The number of aromatic nitrogens is 2. The Morgan fingerprint density at radius 1 is 0.729 bits per heavy atom. The highest BCUT2D eigenvalue weighted by Crippen LogP contribution is 2.20. The van der Waals surface area contributed by atoms with Gasteiger partial charge >= 0.3 is 5.97 Å². The number of hydrogen-bond acceptors (Lipinski definition) is 7. The predicted molar refractivity (Wildman–Crippen MR) is 182 cm³/mol. The minimum absolute atomic E-state index is 0.0200. The summed E-state index contributed by atoms with van der Waals surface area (Å²) < 4.78 is 0. The zero-order valence-electron chi connectivity index (χ0n) is 26.5. The molecule has 0 fully saturated rings. The molecule has 4 aromatic rings. The Morgan fingerprint density at radius 3 is 1.73 bits per heavy atom. The van der Waals surface area contributed by atoms with E-state index in [9.17, 15) is 33.9 Å². The van der Waals surface area contributed by atoms with Crippen LogP contribution in [0.3, 0.4) is 0 Å². The van der Waals surface area contributed by atoms with E-state index in [2.05, 4.69) is 31.2 Å². The lowest BCUT2D eigenvalue weighted by Gasteiger charge is -2.25. The molecule has 15 heteroatoms. The van der Waals surface area contributed by atoms with Crippen LogP contribution < -0.4 is 27.0 Å². The van der Waals surface area contributed by atoms with Crippen LogP contribution in [0.1, 0.15) is 30.9 Å². The molecule has 0 aliphatic carbocycles. The van der Waals surface area contributed by atoms with E-state index in [1.165, 1.54) is 18.7 Å². The maximum absolute atomic E-state index is 13.5. The summed E-state index contributed by atoms with van der Waals surface area (Å²) in [6.07, 6.45) is 4.74. The Bertz CT molecular complexity index is 1800. The molecule has 0 spiro atoms. The summed E-state index contributed by atoms with van der Waals surface area (Å²) in [5.74, 6) is -4.61. The van der Waals surface area contributed by atoms with E-state index < -0.39 is 66.1 Å². The smallest absolute Gasteiger partial charge is 0.305 e. The Balaban J connectivity index is 1.49. The summed E-state index contributed by atoms with van der Waals surface area (Å²) in [7, 11) is 0. The number of hydrogen-bond donors (Lipinski definition) is 8. The minimum Gasteiger partial charge on any atom is -0.481 e.